The first-order valence-corrected chi connectivity index (χ1v) is 5.89. The molecule has 0 spiro atoms. The van der Waals surface area contributed by atoms with Gasteiger partial charge in [0.05, 0.1) is 0 Å². The average molecular weight is 230 g/mol. The fraction of sp³-hybridized carbons (Fsp3) is 0.625. The zero-order valence-corrected chi connectivity index (χ0v) is 9.50. The Morgan fingerprint density at radius 3 is 2.93 bits per heavy atom. The molecule has 0 fully saturated rings. The molecule has 15 heavy (non-hydrogen) atoms. The largest absolute Gasteiger partial charge is 0.379 e. The van der Waals surface area contributed by atoms with Crippen LogP contribution < -0.4 is 11.1 Å². The second-order valence-electron chi connectivity index (χ2n) is 3.27. The summed E-state index contributed by atoms with van der Waals surface area (Å²) < 4.78 is 4.33. The number of amides is 1. The van der Waals surface area contributed by atoms with Gasteiger partial charge >= 0.3 is 0 Å². The Morgan fingerprint density at radius 1 is 1.67 bits per heavy atom. The predicted octanol–water partition coefficient (Wildman–Crippen LogP) is 0.381. The smallest absolute Gasteiger partial charge is 0.277 e. The first-order valence-electron chi connectivity index (χ1n) is 4.50. The summed E-state index contributed by atoms with van der Waals surface area (Å²) in [5.74, 6) is 1.07. The van der Waals surface area contributed by atoms with E-state index in [0.717, 1.165) is 5.75 Å². The fourth-order valence-corrected chi connectivity index (χ4v) is 1.73. The molecule has 0 aliphatic carbocycles. The van der Waals surface area contributed by atoms with Gasteiger partial charge in [-0.05, 0) is 28.2 Å². The summed E-state index contributed by atoms with van der Waals surface area (Å²) in [5, 5.41) is 9.45. The molecule has 0 aromatic carbocycles. The van der Waals surface area contributed by atoms with Crippen LogP contribution in [0.2, 0.25) is 0 Å². The Bertz CT molecular complexity index is 328. The Labute approximate surface area is 91.9 Å². The van der Waals surface area contributed by atoms with Gasteiger partial charge in [-0.1, -0.05) is 6.92 Å². The average Bonchev–Trinajstić information content (AvgIpc) is 2.61. The van der Waals surface area contributed by atoms with Crippen LogP contribution in [0.15, 0.2) is 4.63 Å². The van der Waals surface area contributed by atoms with Crippen LogP contribution in [0.25, 0.3) is 0 Å². The third kappa shape index (κ3) is 3.43. The maximum Gasteiger partial charge on any atom is 0.277 e. The normalized spacial score (nSPS) is 12.4. The minimum atomic E-state index is -0.346. The highest BCUT2D eigenvalue weighted by Crippen LogP contribution is 2.05. The van der Waals surface area contributed by atoms with E-state index < -0.39 is 0 Å². The van der Waals surface area contributed by atoms with Crippen LogP contribution in [0, 0.1) is 5.92 Å². The van der Waals surface area contributed by atoms with Crippen molar-refractivity contribution < 1.29 is 9.42 Å². The minimum absolute atomic E-state index is 0.0185. The molecule has 0 saturated heterocycles. The lowest BCUT2D eigenvalue weighted by molar-refractivity contribution is 0.0940. The summed E-state index contributed by atoms with van der Waals surface area (Å²) in [7, 11) is 0. The van der Waals surface area contributed by atoms with Crippen molar-refractivity contribution in [3.05, 3.63) is 5.69 Å². The van der Waals surface area contributed by atoms with E-state index in [1.165, 1.54) is 0 Å². The summed E-state index contributed by atoms with van der Waals surface area (Å²) >= 11 is 1.74. The van der Waals surface area contributed by atoms with Crippen molar-refractivity contribution in [3.63, 3.8) is 0 Å². The summed E-state index contributed by atoms with van der Waals surface area (Å²) in [6.07, 6.45) is 2.03. The number of nitrogen functional groups attached to an aromatic ring is 1. The molecule has 0 saturated carbocycles. The van der Waals surface area contributed by atoms with Crippen LogP contribution in [0.5, 0.6) is 0 Å². The molecule has 1 heterocycles. The van der Waals surface area contributed by atoms with E-state index in [1.807, 2.05) is 6.26 Å². The van der Waals surface area contributed by atoms with Gasteiger partial charge in [-0.3, -0.25) is 4.79 Å². The van der Waals surface area contributed by atoms with E-state index in [9.17, 15) is 4.79 Å². The van der Waals surface area contributed by atoms with E-state index in [1.54, 1.807) is 11.8 Å². The number of nitrogens with zero attached hydrogens (tertiary/aromatic N) is 2. The monoisotopic (exact) mass is 230 g/mol. The highest BCUT2D eigenvalue weighted by Gasteiger charge is 2.15. The molecule has 0 aliphatic heterocycles. The van der Waals surface area contributed by atoms with E-state index >= 15 is 0 Å². The number of aromatic nitrogens is 2. The van der Waals surface area contributed by atoms with E-state index in [4.69, 9.17) is 5.73 Å². The summed E-state index contributed by atoms with van der Waals surface area (Å²) in [6.45, 7) is 2.65. The summed E-state index contributed by atoms with van der Waals surface area (Å²) in [4.78, 5) is 11.5. The van der Waals surface area contributed by atoms with Crippen LogP contribution in [0.4, 0.5) is 5.82 Å². The molecular weight excluding hydrogens is 216 g/mol. The minimum Gasteiger partial charge on any atom is -0.379 e. The van der Waals surface area contributed by atoms with Crippen molar-refractivity contribution in [1.29, 1.82) is 0 Å². The van der Waals surface area contributed by atoms with Crippen LogP contribution in [0.1, 0.15) is 17.4 Å². The van der Waals surface area contributed by atoms with Crippen molar-refractivity contribution in [2.45, 2.75) is 6.92 Å². The number of nitrogens with two attached hydrogens (primary N) is 1. The van der Waals surface area contributed by atoms with E-state index in [2.05, 4.69) is 27.2 Å². The Morgan fingerprint density at radius 2 is 2.40 bits per heavy atom. The standard InChI is InChI=1S/C8H14N4O2S/c1-5(4-15-2)3-10-8(13)6-7(9)12-14-11-6/h5H,3-4H2,1-2H3,(H2,9,12)(H,10,13). The van der Waals surface area contributed by atoms with E-state index in [0.29, 0.717) is 12.5 Å². The third-order valence-electron chi connectivity index (χ3n) is 1.79. The van der Waals surface area contributed by atoms with Gasteiger partial charge in [0.25, 0.3) is 5.91 Å². The molecule has 0 aliphatic rings. The fourth-order valence-electron chi connectivity index (χ4n) is 1.05. The second kappa shape index (κ2) is 5.59. The third-order valence-corrected chi connectivity index (χ3v) is 2.69. The lowest BCUT2D eigenvalue weighted by atomic mass is 10.2. The Hall–Kier alpha value is -1.24. The van der Waals surface area contributed by atoms with Gasteiger partial charge in [0.15, 0.2) is 0 Å². The molecule has 84 valence electrons. The zero-order chi connectivity index (χ0) is 11.3. The zero-order valence-electron chi connectivity index (χ0n) is 8.69. The van der Waals surface area contributed by atoms with Crippen molar-refractivity contribution >= 4 is 23.5 Å². The van der Waals surface area contributed by atoms with Crippen molar-refractivity contribution in [3.8, 4) is 0 Å². The molecule has 1 amide bonds. The lowest BCUT2D eigenvalue weighted by Crippen LogP contribution is -2.29. The van der Waals surface area contributed by atoms with Crippen LogP contribution in [-0.2, 0) is 0 Å². The Balaban J connectivity index is 2.40. The molecule has 1 rings (SSSR count). The molecule has 1 aromatic heterocycles. The number of thioether (sulfide) groups is 1. The Kier molecular flexibility index (Phi) is 4.41. The van der Waals surface area contributed by atoms with Gasteiger partial charge in [0, 0.05) is 6.54 Å². The second-order valence-corrected chi connectivity index (χ2v) is 4.18. The number of hydrogen-bond acceptors (Lipinski definition) is 6. The van der Waals surface area contributed by atoms with Gasteiger partial charge in [0.2, 0.25) is 11.5 Å². The molecule has 1 atom stereocenters. The first-order chi connectivity index (χ1) is 7.15. The highest BCUT2D eigenvalue weighted by molar-refractivity contribution is 7.98. The molecule has 6 nitrogen and oxygen atoms in total. The molecule has 1 aromatic rings. The van der Waals surface area contributed by atoms with Gasteiger partial charge in [0.1, 0.15) is 0 Å². The number of hydrogen-bond donors (Lipinski definition) is 2. The summed E-state index contributed by atoms with van der Waals surface area (Å²) in [5.41, 5.74) is 5.42. The lowest BCUT2D eigenvalue weighted by Gasteiger charge is -2.09. The van der Waals surface area contributed by atoms with Gasteiger partial charge in [-0.15, -0.1) is 0 Å². The van der Waals surface area contributed by atoms with Crippen LogP contribution in [-0.4, -0.2) is 34.8 Å². The summed E-state index contributed by atoms with van der Waals surface area (Å²) in [6, 6.07) is 0. The number of carbonyl (C=O) groups is 1. The molecule has 7 heteroatoms. The topological polar surface area (TPSA) is 94.0 Å². The number of carbonyl (C=O) groups excluding carboxylic acids is 1. The van der Waals surface area contributed by atoms with Crippen LogP contribution >= 0.6 is 11.8 Å². The van der Waals surface area contributed by atoms with Crippen LogP contribution in [0.3, 0.4) is 0 Å². The molecule has 0 bridgehead atoms. The maximum atomic E-state index is 11.5. The molecule has 3 N–H and O–H groups in total. The van der Waals surface area contributed by atoms with E-state index in [-0.39, 0.29) is 17.4 Å². The quantitative estimate of drug-likeness (QED) is 0.759. The molecule has 0 radical (unpaired) electrons. The van der Waals surface area contributed by atoms with Crippen molar-refractivity contribution in [1.82, 2.24) is 15.6 Å². The van der Waals surface area contributed by atoms with Gasteiger partial charge < -0.3 is 11.1 Å². The molecular formula is C8H14N4O2S. The molecule has 1 unspecified atom stereocenters. The van der Waals surface area contributed by atoms with Crippen molar-refractivity contribution in [2.75, 3.05) is 24.3 Å². The van der Waals surface area contributed by atoms with Gasteiger partial charge in [-0.2, -0.15) is 11.8 Å². The van der Waals surface area contributed by atoms with Crippen molar-refractivity contribution in [2.24, 2.45) is 5.92 Å². The number of anilines is 1. The predicted molar refractivity (Wildman–Crippen MR) is 58.6 cm³/mol. The number of nitrogens with one attached hydrogen (secondary N) is 1. The SMILES string of the molecule is CSCC(C)CNC(=O)c1nonc1N. The van der Waals surface area contributed by atoms with Gasteiger partial charge in [-0.25, -0.2) is 4.63 Å². The highest BCUT2D eigenvalue weighted by atomic mass is 32.2. The maximum absolute atomic E-state index is 11.5. The first kappa shape index (κ1) is 11.8. The number of rotatable bonds is 5.